The Labute approximate surface area is 185 Å². The highest BCUT2D eigenvalue weighted by Gasteiger charge is 2.23. The Hall–Kier alpha value is -3.71. The van der Waals surface area contributed by atoms with E-state index in [1.54, 1.807) is 0 Å². The molecule has 1 fully saturated rings. The number of nitrogen functional groups attached to an aromatic ring is 1. The third-order valence-electron chi connectivity index (χ3n) is 6.31. The monoisotopic (exact) mass is 424 g/mol. The number of hydrogen-bond donors (Lipinski definition) is 2. The van der Waals surface area contributed by atoms with Crippen molar-refractivity contribution < 1.29 is 4.42 Å². The number of hydrogen-bond acceptors (Lipinski definition) is 6. The third kappa shape index (κ3) is 3.31. The van der Waals surface area contributed by atoms with Gasteiger partial charge in [0.1, 0.15) is 17.4 Å². The highest BCUT2D eigenvalue weighted by Crippen LogP contribution is 2.36. The summed E-state index contributed by atoms with van der Waals surface area (Å²) < 4.78 is 7.98. The second-order valence-corrected chi connectivity index (χ2v) is 8.37. The van der Waals surface area contributed by atoms with Crippen LogP contribution in [-0.2, 0) is 6.42 Å². The lowest BCUT2D eigenvalue weighted by Crippen LogP contribution is -2.27. The van der Waals surface area contributed by atoms with Crippen LogP contribution in [0.3, 0.4) is 0 Å². The molecular formula is C25H24N6O. The van der Waals surface area contributed by atoms with Gasteiger partial charge < -0.3 is 15.5 Å². The molecule has 0 bridgehead atoms. The predicted octanol–water partition coefficient (Wildman–Crippen LogP) is 4.18. The molecule has 1 aliphatic heterocycles. The van der Waals surface area contributed by atoms with E-state index in [0.717, 1.165) is 53.7 Å². The maximum atomic E-state index is 6.32. The zero-order valence-electron chi connectivity index (χ0n) is 17.7. The van der Waals surface area contributed by atoms with Crippen molar-refractivity contribution in [1.82, 2.24) is 24.9 Å². The topological polar surface area (TPSA) is 94.3 Å². The third-order valence-corrected chi connectivity index (χ3v) is 6.31. The van der Waals surface area contributed by atoms with Crippen molar-refractivity contribution in [3.05, 3.63) is 78.1 Å². The Morgan fingerprint density at radius 3 is 2.75 bits per heavy atom. The first-order chi connectivity index (χ1) is 15.8. The van der Waals surface area contributed by atoms with Gasteiger partial charge in [0.2, 0.25) is 0 Å². The molecule has 3 N–H and O–H groups in total. The van der Waals surface area contributed by atoms with Gasteiger partial charge in [-0.15, -0.1) is 0 Å². The van der Waals surface area contributed by atoms with E-state index < -0.39 is 0 Å². The van der Waals surface area contributed by atoms with Crippen molar-refractivity contribution in [3.63, 3.8) is 0 Å². The fourth-order valence-electron chi connectivity index (χ4n) is 4.71. The highest BCUT2D eigenvalue weighted by molar-refractivity contribution is 5.91. The second-order valence-electron chi connectivity index (χ2n) is 8.37. The van der Waals surface area contributed by atoms with E-state index in [0.29, 0.717) is 24.0 Å². The number of nitrogens with one attached hydrogen (secondary N) is 1. The van der Waals surface area contributed by atoms with E-state index in [1.165, 1.54) is 17.6 Å². The summed E-state index contributed by atoms with van der Waals surface area (Å²) in [5, 5.41) is 7.98. The Kier molecular flexibility index (Phi) is 4.61. The van der Waals surface area contributed by atoms with Crippen molar-refractivity contribution in [2.75, 3.05) is 18.8 Å². The number of rotatable bonds is 4. The van der Waals surface area contributed by atoms with Crippen LogP contribution in [0.5, 0.6) is 0 Å². The van der Waals surface area contributed by atoms with E-state index >= 15 is 0 Å². The van der Waals surface area contributed by atoms with Crippen LogP contribution >= 0.6 is 0 Å². The number of benzene rings is 2. The van der Waals surface area contributed by atoms with E-state index in [-0.39, 0.29) is 0 Å². The molecule has 3 aromatic heterocycles. The number of aromatic nitrogens is 4. The van der Waals surface area contributed by atoms with Gasteiger partial charge >= 0.3 is 0 Å². The fraction of sp³-hybridized carbons (Fsp3) is 0.240. The van der Waals surface area contributed by atoms with Crippen LogP contribution in [0.1, 0.15) is 35.9 Å². The van der Waals surface area contributed by atoms with E-state index in [1.807, 2.05) is 28.8 Å². The van der Waals surface area contributed by atoms with Gasteiger partial charge in [0.15, 0.2) is 17.3 Å². The van der Waals surface area contributed by atoms with Crippen molar-refractivity contribution in [2.45, 2.75) is 25.2 Å². The summed E-state index contributed by atoms with van der Waals surface area (Å²) in [6.45, 7) is 2.03. The van der Waals surface area contributed by atoms with Crippen LogP contribution in [-0.4, -0.2) is 32.7 Å². The lowest BCUT2D eigenvalue weighted by Gasteiger charge is -2.22. The van der Waals surface area contributed by atoms with Crippen molar-refractivity contribution in [2.24, 2.45) is 0 Å². The molecule has 4 heterocycles. The van der Waals surface area contributed by atoms with E-state index in [2.05, 4.69) is 45.7 Å². The molecule has 1 aliphatic rings. The van der Waals surface area contributed by atoms with Gasteiger partial charge in [-0.05, 0) is 55.3 Å². The number of fused-ring (bicyclic) bond motifs is 2. The van der Waals surface area contributed by atoms with Crippen LogP contribution in [0.25, 0.3) is 27.7 Å². The SMILES string of the molecule is Nc1ncnn2c(C3CCNCC3)cc(-c3ccc4oc(Cc5ccccc5)nc4c3)c12. The van der Waals surface area contributed by atoms with Crippen molar-refractivity contribution in [3.8, 4) is 11.1 Å². The molecule has 0 atom stereocenters. The molecule has 0 spiro atoms. The molecule has 2 aromatic carbocycles. The van der Waals surface area contributed by atoms with E-state index in [9.17, 15) is 0 Å². The Morgan fingerprint density at radius 2 is 1.91 bits per heavy atom. The van der Waals surface area contributed by atoms with Crippen LogP contribution in [0.2, 0.25) is 0 Å². The lowest BCUT2D eigenvalue weighted by molar-refractivity contribution is 0.448. The molecule has 1 saturated heterocycles. The van der Waals surface area contributed by atoms with Gasteiger partial charge in [0, 0.05) is 23.6 Å². The van der Waals surface area contributed by atoms with Gasteiger partial charge in [-0.25, -0.2) is 14.5 Å². The average molecular weight is 425 g/mol. The van der Waals surface area contributed by atoms with Gasteiger partial charge in [0.05, 0.1) is 0 Å². The second kappa shape index (κ2) is 7.76. The van der Waals surface area contributed by atoms with Crippen LogP contribution in [0.4, 0.5) is 5.82 Å². The molecule has 0 amide bonds. The molecular weight excluding hydrogens is 400 g/mol. The summed E-state index contributed by atoms with van der Waals surface area (Å²) in [5.41, 5.74) is 13.2. The molecule has 5 aromatic rings. The lowest BCUT2D eigenvalue weighted by atomic mass is 9.94. The summed E-state index contributed by atoms with van der Waals surface area (Å²) in [6.07, 6.45) is 4.37. The number of nitrogens with zero attached hydrogens (tertiary/aromatic N) is 4. The maximum absolute atomic E-state index is 6.32. The molecule has 0 radical (unpaired) electrons. The number of oxazole rings is 1. The smallest absolute Gasteiger partial charge is 0.199 e. The summed E-state index contributed by atoms with van der Waals surface area (Å²) in [7, 11) is 0. The molecule has 6 rings (SSSR count). The maximum Gasteiger partial charge on any atom is 0.199 e. The molecule has 7 heteroatoms. The Bertz CT molecular complexity index is 1400. The molecule has 0 unspecified atom stereocenters. The predicted molar refractivity (Wildman–Crippen MR) is 124 cm³/mol. The first-order valence-corrected chi connectivity index (χ1v) is 11.0. The van der Waals surface area contributed by atoms with Gasteiger partial charge in [-0.3, -0.25) is 0 Å². The number of anilines is 1. The zero-order valence-corrected chi connectivity index (χ0v) is 17.7. The summed E-state index contributed by atoms with van der Waals surface area (Å²) >= 11 is 0. The Balaban J connectivity index is 1.43. The molecule has 7 nitrogen and oxygen atoms in total. The van der Waals surface area contributed by atoms with Crippen LogP contribution < -0.4 is 11.1 Å². The summed E-state index contributed by atoms with van der Waals surface area (Å²) in [6, 6.07) is 18.6. The Morgan fingerprint density at radius 1 is 1.06 bits per heavy atom. The normalized spacial score (nSPS) is 15.0. The summed E-state index contributed by atoms with van der Waals surface area (Å²) in [5.74, 6) is 1.64. The van der Waals surface area contributed by atoms with Crippen LogP contribution in [0.15, 0.2) is 65.3 Å². The highest BCUT2D eigenvalue weighted by atomic mass is 16.3. The summed E-state index contributed by atoms with van der Waals surface area (Å²) in [4.78, 5) is 9.01. The average Bonchev–Trinajstić information content (AvgIpc) is 3.41. The minimum Gasteiger partial charge on any atom is -0.440 e. The molecule has 0 aliphatic carbocycles. The van der Waals surface area contributed by atoms with Gasteiger partial charge in [-0.2, -0.15) is 5.10 Å². The standard InChI is InChI=1S/C25H24N6O/c26-25-24-19(14-21(31(24)29-15-28-25)17-8-10-27-11-9-17)18-6-7-22-20(13-18)30-23(32-22)12-16-4-2-1-3-5-16/h1-7,13-15,17,27H,8-12H2,(H2,26,28,29). The zero-order chi connectivity index (χ0) is 21.5. The number of nitrogens with two attached hydrogens (primary N) is 1. The van der Waals surface area contributed by atoms with Crippen molar-refractivity contribution in [1.29, 1.82) is 0 Å². The quantitative estimate of drug-likeness (QED) is 0.450. The fourth-order valence-corrected chi connectivity index (χ4v) is 4.71. The largest absolute Gasteiger partial charge is 0.440 e. The van der Waals surface area contributed by atoms with Crippen molar-refractivity contribution >= 4 is 22.4 Å². The minimum absolute atomic E-state index is 0.444. The van der Waals surface area contributed by atoms with Crippen LogP contribution in [0, 0.1) is 0 Å². The van der Waals surface area contributed by atoms with Gasteiger partial charge in [-0.1, -0.05) is 36.4 Å². The van der Waals surface area contributed by atoms with E-state index in [4.69, 9.17) is 15.1 Å². The molecule has 0 saturated carbocycles. The number of piperidine rings is 1. The first-order valence-electron chi connectivity index (χ1n) is 11.0. The minimum atomic E-state index is 0.444. The molecule has 32 heavy (non-hydrogen) atoms. The first kappa shape index (κ1) is 19.0. The molecule has 160 valence electrons. The van der Waals surface area contributed by atoms with Gasteiger partial charge in [0.25, 0.3) is 0 Å².